The van der Waals surface area contributed by atoms with Gasteiger partial charge in [0.25, 0.3) is 0 Å². The van der Waals surface area contributed by atoms with Crippen molar-refractivity contribution in [3.8, 4) is 5.75 Å². The maximum Gasteiger partial charge on any atom is 0.248 e. The van der Waals surface area contributed by atoms with E-state index in [9.17, 15) is 13.2 Å². The van der Waals surface area contributed by atoms with Crippen molar-refractivity contribution in [2.45, 2.75) is 63.2 Å². The van der Waals surface area contributed by atoms with Gasteiger partial charge in [0.15, 0.2) is 0 Å². The average molecular weight is 580 g/mol. The van der Waals surface area contributed by atoms with Crippen LogP contribution in [0.4, 0.5) is 0 Å². The predicted molar refractivity (Wildman–Crippen MR) is 158 cm³/mol. The average Bonchev–Trinajstić information content (AvgIpc) is 2.94. The van der Waals surface area contributed by atoms with Crippen LogP contribution >= 0.6 is 0 Å². The van der Waals surface area contributed by atoms with Gasteiger partial charge in [-0.25, -0.2) is 8.42 Å². The summed E-state index contributed by atoms with van der Waals surface area (Å²) in [5.74, 6) is 0.528. The normalized spacial score (nSPS) is 20.8. The standard InChI is InChI=1S/C29H49N5O5S/c1-22(2)33-11-13-34(14-12-33)26-10-8-9-25(19-26)32(6)28(35)21-39-16-15-31(5)40(36,37)29-23(3)17-27(38-7)18-24(29)20-30-4/h8,10,17-18,22,25-26,30H,9,11-16,19-21H2,1-7H3/t25-,26-/m0/s1. The SMILES string of the molecule is CNCc1cc(OC)cc(C)c1S(=O)(=O)N(C)CCOCC(=O)N(C)[C@H]1CC=C[C@H](N2CCN(C(C)C)CC2)C1. The van der Waals surface area contributed by atoms with Gasteiger partial charge in [0.05, 0.1) is 18.6 Å². The van der Waals surface area contributed by atoms with Crippen LogP contribution < -0.4 is 10.1 Å². The summed E-state index contributed by atoms with van der Waals surface area (Å²) in [5, 5.41) is 3.03. The number of likely N-dealkylation sites (N-methyl/N-ethyl adjacent to an activating group) is 2. The Hall–Kier alpha value is -2.02. The van der Waals surface area contributed by atoms with Gasteiger partial charge in [-0.1, -0.05) is 12.2 Å². The molecule has 1 aromatic carbocycles. The molecule has 226 valence electrons. The molecule has 0 spiro atoms. The molecule has 2 atom stereocenters. The Labute approximate surface area is 241 Å². The molecule has 1 amide bonds. The van der Waals surface area contributed by atoms with Gasteiger partial charge in [0, 0.05) is 71.5 Å². The lowest BCUT2D eigenvalue weighted by Crippen LogP contribution is -2.53. The maximum atomic E-state index is 13.4. The molecular formula is C29H49N5O5S. The van der Waals surface area contributed by atoms with E-state index in [-0.39, 0.29) is 36.6 Å². The van der Waals surface area contributed by atoms with E-state index in [4.69, 9.17) is 9.47 Å². The van der Waals surface area contributed by atoms with Gasteiger partial charge in [-0.3, -0.25) is 14.6 Å². The van der Waals surface area contributed by atoms with Gasteiger partial charge in [0.2, 0.25) is 15.9 Å². The molecule has 0 unspecified atom stereocenters. The van der Waals surface area contributed by atoms with E-state index in [1.807, 2.05) is 7.05 Å². The van der Waals surface area contributed by atoms with Gasteiger partial charge in [-0.2, -0.15) is 4.31 Å². The molecule has 1 fully saturated rings. The van der Waals surface area contributed by atoms with Crippen molar-refractivity contribution in [2.75, 3.05) is 74.2 Å². The summed E-state index contributed by atoms with van der Waals surface area (Å²) in [5.41, 5.74) is 1.27. The molecule has 10 nitrogen and oxygen atoms in total. The van der Waals surface area contributed by atoms with Gasteiger partial charge >= 0.3 is 0 Å². The molecule has 1 aromatic rings. The van der Waals surface area contributed by atoms with E-state index in [1.54, 1.807) is 38.1 Å². The zero-order chi connectivity index (χ0) is 29.4. The zero-order valence-corrected chi connectivity index (χ0v) is 26.2. The molecule has 0 radical (unpaired) electrons. The summed E-state index contributed by atoms with van der Waals surface area (Å²) in [4.78, 5) is 20.0. The smallest absolute Gasteiger partial charge is 0.248 e. The van der Waals surface area contributed by atoms with Gasteiger partial charge in [-0.05, 0) is 63.9 Å². The Balaban J connectivity index is 1.49. The molecule has 0 aromatic heterocycles. The topological polar surface area (TPSA) is 94.7 Å². The molecule has 0 saturated carbocycles. The Bertz CT molecular complexity index is 1120. The molecule has 1 aliphatic heterocycles. The predicted octanol–water partition coefficient (Wildman–Crippen LogP) is 1.93. The number of hydrogen-bond donors (Lipinski definition) is 1. The minimum absolute atomic E-state index is 0.0745. The first-order chi connectivity index (χ1) is 19.0. The lowest BCUT2D eigenvalue weighted by atomic mass is 9.94. The molecular weight excluding hydrogens is 530 g/mol. The number of carbonyl (C=O) groups is 1. The number of methoxy groups -OCH3 is 1. The highest BCUT2D eigenvalue weighted by atomic mass is 32.2. The van der Waals surface area contributed by atoms with Gasteiger partial charge < -0.3 is 19.7 Å². The molecule has 1 heterocycles. The van der Waals surface area contributed by atoms with Crippen LogP contribution in [0.2, 0.25) is 0 Å². The van der Waals surface area contributed by atoms with E-state index >= 15 is 0 Å². The fraction of sp³-hybridized carbons (Fsp3) is 0.690. The number of amides is 1. The maximum absolute atomic E-state index is 13.4. The highest BCUT2D eigenvalue weighted by Crippen LogP contribution is 2.28. The number of rotatable bonds is 13. The summed E-state index contributed by atoms with van der Waals surface area (Å²) in [6.07, 6.45) is 6.24. The Morgan fingerprint density at radius 1 is 1.18 bits per heavy atom. The van der Waals surface area contributed by atoms with Crippen LogP contribution in [0.15, 0.2) is 29.2 Å². The quantitative estimate of drug-likeness (QED) is 0.280. The van der Waals surface area contributed by atoms with E-state index in [2.05, 4.69) is 41.1 Å². The van der Waals surface area contributed by atoms with Crippen LogP contribution in [0.5, 0.6) is 5.75 Å². The monoisotopic (exact) mass is 579 g/mol. The number of benzene rings is 1. The van der Waals surface area contributed by atoms with E-state index in [0.717, 1.165) is 39.0 Å². The highest BCUT2D eigenvalue weighted by Gasteiger charge is 2.30. The molecule has 40 heavy (non-hydrogen) atoms. The number of ether oxygens (including phenoxy) is 2. The van der Waals surface area contributed by atoms with Crippen molar-refractivity contribution >= 4 is 15.9 Å². The van der Waals surface area contributed by atoms with E-state index in [1.165, 1.54) is 11.4 Å². The van der Waals surface area contributed by atoms with Crippen LogP contribution in [0.1, 0.15) is 37.8 Å². The number of sulfonamides is 1. The van der Waals surface area contributed by atoms with Crippen LogP contribution in [-0.2, 0) is 26.1 Å². The number of piperazine rings is 1. The van der Waals surface area contributed by atoms with Crippen molar-refractivity contribution < 1.29 is 22.7 Å². The minimum atomic E-state index is -3.76. The number of aryl methyl sites for hydroxylation is 1. The molecule has 1 aliphatic carbocycles. The molecule has 1 saturated heterocycles. The van der Waals surface area contributed by atoms with Crippen LogP contribution in [0.3, 0.4) is 0 Å². The fourth-order valence-electron chi connectivity index (χ4n) is 5.57. The third kappa shape index (κ3) is 8.04. The molecule has 3 rings (SSSR count). The summed E-state index contributed by atoms with van der Waals surface area (Å²) < 4.78 is 39.1. The highest BCUT2D eigenvalue weighted by molar-refractivity contribution is 7.89. The van der Waals surface area contributed by atoms with Crippen molar-refractivity contribution in [2.24, 2.45) is 0 Å². The number of nitrogens with one attached hydrogen (secondary N) is 1. The Morgan fingerprint density at radius 3 is 2.50 bits per heavy atom. The Morgan fingerprint density at radius 2 is 1.88 bits per heavy atom. The largest absolute Gasteiger partial charge is 0.497 e. The van der Waals surface area contributed by atoms with Crippen molar-refractivity contribution in [3.63, 3.8) is 0 Å². The first-order valence-electron chi connectivity index (χ1n) is 14.3. The number of nitrogens with zero attached hydrogens (tertiary/aromatic N) is 4. The molecule has 0 bridgehead atoms. The zero-order valence-electron chi connectivity index (χ0n) is 25.4. The summed E-state index contributed by atoms with van der Waals surface area (Å²) in [6, 6.07) is 4.51. The second-order valence-electron chi connectivity index (χ2n) is 11.1. The molecule has 1 N–H and O–H groups in total. The second kappa shape index (κ2) is 14.7. The minimum Gasteiger partial charge on any atom is -0.497 e. The molecule has 2 aliphatic rings. The van der Waals surface area contributed by atoms with Gasteiger partial charge in [-0.15, -0.1) is 0 Å². The summed E-state index contributed by atoms with van der Waals surface area (Å²) in [7, 11) is 2.95. The van der Waals surface area contributed by atoms with Crippen LogP contribution in [-0.4, -0.2) is 126 Å². The van der Waals surface area contributed by atoms with Crippen molar-refractivity contribution in [3.05, 3.63) is 35.4 Å². The first kappa shape index (κ1) is 32.5. The summed E-state index contributed by atoms with van der Waals surface area (Å²) in [6.45, 7) is 11.1. The third-order valence-electron chi connectivity index (χ3n) is 8.14. The van der Waals surface area contributed by atoms with E-state index in [0.29, 0.717) is 35.5 Å². The lowest BCUT2D eigenvalue weighted by molar-refractivity contribution is -0.137. The van der Waals surface area contributed by atoms with Crippen LogP contribution in [0.25, 0.3) is 0 Å². The van der Waals surface area contributed by atoms with Gasteiger partial charge in [0.1, 0.15) is 12.4 Å². The second-order valence-corrected chi connectivity index (χ2v) is 13.1. The Kier molecular flexibility index (Phi) is 12.0. The fourth-order valence-corrected chi connectivity index (χ4v) is 7.13. The lowest BCUT2D eigenvalue weighted by Gasteiger charge is -2.43. The number of hydrogen-bond acceptors (Lipinski definition) is 8. The van der Waals surface area contributed by atoms with E-state index < -0.39 is 10.0 Å². The van der Waals surface area contributed by atoms with Crippen LogP contribution in [0, 0.1) is 6.92 Å². The number of carbonyl (C=O) groups excluding carboxylic acids is 1. The van der Waals surface area contributed by atoms with Crippen molar-refractivity contribution in [1.82, 2.24) is 24.3 Å². The first-order valence-corrected chi connectivity index (χ1v) is 15.7. The third-order valence-corrected chi connectivity index (χ3v) is 10.2. The summed E-state index contributed by atoms with van der Waals surface area (Å²) >= 11 is 0. The van der Waals surface area contributed by atoms with Crippen molar-refractivity contribution in [1.29, 1.82) is 0 Å². The molecule has 11 heteroatoms.